The van der Waals surface area contributed by atoms with Gasteiger partial charge in [-0.3, -0.25) is 0 Å². The molecule has 2 nitrogen and oxygen atoms in total. The van der Waals surface area contributed by atoms with Crippen molar-refractivity contribution in [2.45, 2.75) is 30.5 Å². The smallest absolute Gasteiger partial charge is 0.170 e. The van der Waals surface area contributed by atoms with E-state index in [1.807, 2.05) is 11.8 Å². The summed E-state index contributed by atoms with van der Waals surface area (Å²) in [5, 5.41) is 1.10. The topological polar surface area (TPSA) is 25.8 Å². The molecular formula is C8H13BrN2S2. The molecule has 74 valence electrons. The number of unbranched alkanes of at least 4 members (excludes halogenated alkanes) is 1. The van der Waals surface area contributed by atoms with Crippen molar-refractivity contribution in [1.29, 1.82) is 0 Å². The van der Waals surface area contributed by atoms with E-state index in [9.17, 15) is 0 Å². The number of hydrogen-bond donors (Lipinski definition) is 0. The molecular weight excluding hydrogens is 268 g/mol. The van der Waals surface area contributed by atoms with Gasteiger partial charge in [-0.15, -0.1) is 0 Å². The molecule has 0 spiro atoms. The predicted molar refractivity (Wildman–Crippen MR) is 63.0 cm³/mol. The summed E-state index contributed by atoms with van der Waals surface area (Å²) in [5.41, 5.74) is 0. The molecule has 1 aromatic rings. The molecule has 1 aromatic heterocycles. The number of aromatic nitrogens is 2. The predicted octanol–water partition coefficient (Wildman–Crippen LogP) is 3.37. The van der Waals surface area contributed by atoms with E-state index in [0.717, 1.165) is 27.7 Å². The van der Waals surface area contributed by atoms with Gasteiger partial charge in [0.2, 0.25) is 0 Å². The number of rotatable bonds is 6. The van der Waals surface area contributed by atoms with E-state index in [2.05, 4.69) is 32.2 Å². The van der Waals surface area contributed by atoms with Gasteiger partial charge in [-0.2, -0.15) is 4.37 Å². The summed E-state index contributed by atoms with van der Waals surface area (Å²) < 4.78 is 5.35. The first-order valence-electron chi connectivity index (χ1n) is 4.38. The van der Waals surface area contributed by atoms with Gasteiger partial charge in [-0.1, -0.05) is 34.6 Å². The molecule has 0 aromatic carbocycles. The largest absolute Gasteiger partial charge is 0.213 e. The molecule has 1 rings (SSSR count). The fraction of sp³-hybridized carbons (Fsp3) is 0.750. The van der Waals surface area contributed by atoms with Gasteiger partial charge in [0, 0.05) is 17.5 Å². The van der Waals surface area contributed by atoms with Crippen LogP contribution in [0.1, 0.15) is 25.6 Å². The fourth-order valence-electron chi connectivity index (χ4n) is 0.796. The molecule has 0 N–H and O–H groups in total. The first kappa shape index (κ1) is 11.5. The minimum Gasteiger partial charge on any atom is -0.213 e. The molecule has 0 amide bonds. The van der Waals surface area contributed by atoms with Crippen molar-refractivity contribution in [2.24, 2.45) is 0 Å². The molecule has 0 bridgehead atoms. The van der Waals surface area contributed by atoms with Crippen LogP contribution in [0, 0.1) is 0 Å². The Bertz CT molecular complexity index is 240. The normalized spacial score (nSPS) is 10.6. The van der Waals surface area contributed by atoms with E-state index < -0.39 is 0 Å². The fourth-order valence-corrected chi connectivity index (χ4v) is 2.96. The summed E-state index contributed by atoms with van der Waals surface area (Å²) >= 11 is 6.76. The minimum atomic E-state index is 0.943. The summed E-state index contributed by atoms with van der Waals surface area (Å²) in [7, 11) is 0. The molecule has 5 heteroatoms. The van der Waals surface area contributed by atoms with Crippen molar-refractivity contribution < 1.29 is 0 Å². The number of hydrogen-bond acceptors (Lipinski definition) is 4. The lowest BCUT2D eigenvalue weighted by Crippen LogP contribution is -1.83. The number of thioether (sulfide) groups is 1. The third-order valence-corrected chi connectivity index (χ3v) is 4.04. The van der Waals surface area contributed by atoms with Crippen molar-refractivity contribution in [2.75, 3.05) is 11.1 Å². The average molecular weight is 281 g/mol. The van der Waals surface area contributed by atoms with E-state index in [4.69, 9.17) is 0 Å². The highest BCUT2D eigenvalue weighted by Gasteiger charge is 2.01. The first-order chi connectivity index (χ1) is 6.36. The zero-order valence-corrected chi connectivity index (χ0v) is 10.8. The second-order valence-electron chi connectivity index (χ2n) is 2.57. The minimum absolute atomic E-state index is 0.943. The monoisotopic (exact) mass is 280 g/mol. The van der Waals surface area contributed by atoms with Crippen LogP contribution in [-0.4, -0.2) is 20.4 Å². The van der Waals surface area contributed by atoms with E-state index in [1.54, 1.807) is 0 Å². The van der Waals surface area contributed by atoms with Crippen LogP contribution in [0.3, 0.4) is 0 Å². The Balaban J connectivity index is 2.20. The van der Waals surface area contributed by atoms with Crippen LogP contribution in [-0.2, 0) is 6.42 Å². The van der Waals surface area contributed by atoms with Gasteiger partial charge in [0.15, 0.2) is 4.34 Å². The van der Waals surface area contributed by atoms with Gasteiger partial charge in [-0.05, 0) is 24.4 Å². The van der Waals surface area contributed by atoms with Crippen molar-refractivity contribution in [1.82, 2.24) is 9.36 Å². The number of nitrogens with zero attached hydrogens (tertiary/aromatic N) is 2. The van der Waals surface area contributed by atoms with Crippen LogP contribution in [0.2, 0.25) is 0 Å². The lowest BCUT2D eigenvalue weighted by molar-refractivity contribution is 0.910. The van der Waals surface area contributed by atoms with Gasteiger partial charge in [0.05, 0.1) is 0 Å². The van der Waals surface area contributed by atoms with E-state index in [0.29, 0.717) is 0 Å². The number of halogens is 1. The molecule has 1 heterocycles. The second kappa shape index (κ2) is 6.79. The molecule has 0 saturated heterocycles. The van der Waals surface area contributed by atoms with Crippen molar-refractivity contribution in [3.63, 3.8) is 0 Å². The Kier molecular flexibility index (Phi) is 5.98. The Morgan fingerprint density at radius 1 is 1.46 bits per heavy atom. The van der Waals surface area contributed by atoms with Crippen molar-refractivity contribution >= 4 is 39.2 Å². The molecule has 0 aliphatic rings. The van der Waals surface area contributed by atoms with Crippen LogP contribution in [0.15, 0.2) is 4.34 Å². The Labute approximate surface area is 95.8 Å². The van der Waals surface area contributed by atoms with Gasteiger partial charge < -0.3 is 0 Å². The SMILES string of the molecule is CCc1nsc(SCCCCBr)n1. The maximum absolute atomic E-state index is 4.39. The average Bonchev–Trinajstić information content (AvgIpc) is 2.60. The molecule has 13 heavy (non-hydrogen) atoms. The van der Waals surface area contributed by atoms with E-state index in [-0.39, 0.29) is 0 Å². The van der Waals surface area contributed by atoms with Gasteiger partial charge >= 0.3 is 0 Å². The molecule has 0 saturated carbocycles. The lowest BCUT2D eigenvalue weighted by Gasteiger charge is -1.94. The molecule has 0 radical (unpaired) electrons. The van der Waals surface area contributed by atoms with E-state index in [1.165, 1.54) is 24.4 Å². The Morgan fingerprint density at radius 3 is 2.92 bits per heavy atom. The Hall–Kier alpha value is 0.390. The van der Waals surface area contributed by atoms with Gasteiger partial charge in [0.1, 0.15) is 5.82 Å². The highest BCUT2D eigenvalue weighted by Crippen LogP contribution is 2.21. The summed E-state index contributed by atoms with van der Waals surface area (Å²) in [6, 6.07) is 0. The lowest BCUT2D eigenvalue weighted by atomic mass is 10.4. The van der Waals surface area contributed by atoms with Crippen LogP contribution in [0.4, 0.5) is 0 Å². The van der Waals surface area contributed by atoms with Crippen molar-refractivity contribution in [3.05, 3.63) is 5.82 Å². The molecule has 0 fully saturated rings. The number of aryl methyl sites for hydroxylation is 1. The molecule has 0 atom stereocenters. The molecule has 0 aliphatic carbocycles. The quantitative estimate of drug-likeness (QED) is 0.454. The van der Waals surface area contributed by atoms with Crippen LogP contribution in [0.25, 0.3) is 0 Å². The first-order valence-corrected chi connectivity index (χ1v) is 7.26. The van der Waals surface area contributed by atoms with Gasteiger partial charge in [0.25, 0.3) is 0 Å². The zero-order chi connectivity index (χ0) is 9.52. The van der Waals surface area contributed by atoms with Crippen LogP contribution >= 0.6 is 39.2 Å². The van der Waals surface area contributed by atoms with Crippen LogP contribution in [0.5, 0.6) is 0 Å². The molecule has 0 unspecified atom stereocenters. The highest BCUT2D eigenvalue weighted by molar-refractivity contribution is 9.09. The summed E-state index contributed by atoms with van der Waals surface area (Å²) in [6.45, 7) is 2.08. The standard InChI is InChI=1S/C8H13BrN2S2/c1-2-7-10-8(13-11-7)12-6-4-3-5-9/h2-6H2,1H3. The van der Waals surface area contributed by atoms with Crippen LogP contribution < -0.4 is 0 Å². The maximum Gasteiger partial charge on any atom is 0.170 e. The summed E-state index contributed by atoms with van der Waals surface area (Å²) in [5.74, 6) is 2.14. The van der Waals surface area contributed by atoms with E-state index >= 15 is 0 Å². The highest BCUT2D eigenvalue weighted by atomic mass is 79.9. The Morgan fingerprint density at radius 2 is 2.31 bits per heavy atom. The second-order valence-corrected chi connectivity index (χ2v) is 5.46. The summed E-state index contributed by atoms with van der Waals surface area (Å²) in [4.78, 5) is 4.39. The van der Waals surface area contributed by atoms with Crippen molar-refractivity contribution in [3.8, 4) is 0 Å². The molecule has 0 aliphatic heterocycles. The maximum atomic E-state index is 4.39. The third kappa shape index (κ3) is 4.42. The third-order valence-electron chi connectivity index (χ3n) is 1.52. The number of alkyl halides is 1. The summed E-state index contributed by atoms with van der Waals surface area (Å²) in [6.07, 6.45) is 3.43. The van der Waals surface area contributed by atoms with Gasteiger partial charge in [-0.25, -0.2) is 4.98 Å². The zero-order valence-electron chi connectivity index (χ0n) is 7.62.